The highest BCUT2D eigenvalue weighted by atomic mass is 32.1. The summed E-state index contributed by atoms with van der Waals surface area (Å²) in [4.78, 5) is 2.08. The second kappa shape index (κ2) is 6.04. The van der Waals surface area contributed by atoms with Gasteiger partial charge in [0.1, 0.15) is 0 Å². The Labute approximate surface area is 122 Å². The number of anilines is 1. The summed E-state index contributed by atoms with van der Waals surface area (Å²) < 4.78 is 11.9. The van der Waals surface area contributed by atoms with E-state index in [0.29, 0.717) is 10.1 Å². The molecule has 0 aliphatic heterocycles. The number of hydrogen-bond donors (Lipinski definition) is 2. The zero-order chi connectivity index (χ0) is 13.1. The summed E-state index contributed by atoms with van der Waals surface area (Å²) in [5.41, 5.74) is 2.32. The average Bonchev–Trinajstić information content (AvgIpc) is 2.72. The van der Waals surface area contributed by atoms with E-state index >= 15 is 0 Å². The van der Waals surface area contributed by atoms with Crippen LogP contribution in [-0.2, 0) is 0 Å². The van der Waals surface area contributed by atoms with Gasteiger partial charge < -0.3 is 13.7 Å². The third kappa shape index (κ3) is 2.70. The first kappa shape index (κ1) is 13.8. The lowest BCUT2D eigenvalue weighted by molar-refractivity contribution is 0.566. The Hall–Kier alpha value is -0.590. The van der Waals surface area contributed by atoms with Gasteiger partial charge in [-0.3, -0.25) is 0 Å². The molecule has 0 bridgehead atoms. The Bertz CT molecular complexity index is 585. The lowest BCUT2D eigenvalue weighted by atomic mass is 10.3. The van der Waals surface area contributed by atoms with Crippen LogP contribution in [0.25, 0.3) is 11.2 Å². The number of aryl methyl sites for hydroxylation is 1. The van der Waals surface area contributed by atoms with Crippen molar-refractivity contribution in [3.63, 3.8) is 0 Å². The fraction of sp³-hybridized carbons (Fsp3) is 0.417. The molecule has 0 atom stereocenters. The molecule has 0 unspecified atom stereocenters. The van der Waals surface area contributed by atoms with Crippen LogP contribution < -0.4 is 4.90 Å². The summed E-state index contributed by atoms with van der Waals surface area (Å²) in [5.74, 6) is 2.25. The van der Waals surface area contributed by atoms with Crippen molar-refractivity contribution in [3.05, 3.63) is 22.4 Å². The summed E-state index contributed by atoms with van der Waals surface area (Å²) in [6.07, 6.45) is 1.66. The lowest BCUT2D eigenvalue weighted by Crippen LogP contribution is -2.27. The van der Waals surface area contributed by atoms with Gasteiger partial charge in [-0.25, -0.2) is 0 Å². The predicted octanol–water partition coefficient (Wildman–Crippen LogP) is 3.73. The molecule has 0 saturated heterocycles. The molecule has 0 radical (unpaired) electrons. The van der Waals surface area contributed by atoms with Gasteiger partial charge in [0.2, 0.25) is 0 Å². The standard InChI is InChI=1S/C12H15NO2S3/c1-8-7-14-12-9(18)6-10(15-11(8)12)13(2-4-16)3-5-17/h6-7,16-17H,2-5H2,1H3. The largest absolute Gasteiger partial charge is 0.459 e. The average molecular weight is 301 g/mol. The zero-order valence-corrected chi connectivity index (χ0v) is 12.7. The van der Waals surface area contributed by atoms with Gasteiger partial charge in [0.25, 0.3) is 0 Å². The maximum Gasteiger partial charge on any atom is 0.197 e. The van der Waals surface area contributed by atoms with Crippen LogP contribution in [0, 0.1) is 11.4 Å². The van der Waals surface area contributed by atoms with E-state index in [4.69, 9.17) is 21.1 Å². The molecule has 3 nitrogen and oxygen atoms in total. The van der Waals surface area contributed by atoms with Crippen LogP contribution >= 0.6 is 37.5 Å². The smallest absolute Gasteiger partial charge is 0.197 e. The molecule has 2 rings (SSSR count). The zero-order valence-electron chi connectivity index (χ0n) is 10.0. The van der Waals surface area contributed by atoms with E-state index < -0.39 is 0 Å². The predicted molar refractivity (Wildman–Crippen MR) is 84.0 cm³/mol. The second-order valence-corrected chi connectivity index (χ2v) is 5.29. The maximum absolute atomic E-state index is 5.88. The number of furan rings is 1. The summed E-state index contributed by atoms with van der Waals surface area (Å²) in [7, 11) is 0. The van der Waals surface area contributed by atoms with E-state index in [-0.39, 0.29) is 0 Å². The molecule has 0 N–H and O–H groups in total. The van der Waals surface area contributed by atoms with Crippen LogP contribution in [-0.4, -0.2) is 24.6 Å². The van der Waals surface area contributed by atoms with E-state index in [0.717, 1.165) is 41.6 Å². The van der Waals surface area contributed by atoms with Gasteiger partial charge in [0.05, 0.1) is 10.8 Å². The highest BCUT2D eigenvalue weighted by Crippen LogP contribution is 2.27. The molecule has 0 spiro atoms. The normalized spacial score (nSPS) is 11.1. The van der Waals surface area contributed by atoms with Crippen LogP contribution in [0.2, 0.25) is 0 Å². The summed E-state index contributed by atoms with van der Waals surface area (Å²) >= 11 is 13.8. The van der Waals surface area contributed by atoms with E-state index in [1.54, 1.807) is 6.26 Å². The topological polar surface area (TPSA) is 29.5 Å². The molecule has 0 fully saturated rings. The van der Waals surface area contributed by atoms with Crippen molar-refractivity contribution in [2.24, 2.45) is 0 Å². The quantitative estimate of drug-likeness (QED) is 0.650. The molecule has 0 aromatic carbocycles. The third-order valence-electron chi connectivity index (χ3n) is 2.65. The molecule has 2 aromatic rings. The molecule has 98 valence electrons. The Kier molecular flexibility index (Phi) is 4.64. The van der Waals surface area contributed by atoms with E-state index in [2.05, 4.69) is 30.2 Å². The number of fused-ring (bicyclic) bond motifs is 1. The minimum Gasteiger partial charge on any atom is -0.459 e. The number of thiol groups is 2. The van der Waals surface area contributed by atoms with Crippen molar-refractivity contribution >= 4 is 54.5 Å². The first-order chi connectivity index (χ1) is 8.67. The van der Waals surface area contributed by atoms with Crippen molar-refractivity contribution in [2.45, 2.75) is 6.92 Å². The number of hydrogen-bond acceptors (Lipinski definition) is 6. The van der Waals surface area contributed by atoms with Gasteiger partial charge >= 0.3 is 0 Å². The van der Waals surface area contributed by atoms with Crippen LogP contribution in [0.1, 0.15) is 5.56 Å². The minimum atomic E-state index is 0.642. The summed E-state index contributed by atoms with van der Waals surface area (Å²) in [6, 6.07) is 1.83. The van der Waals surface area contributed by atoms with Gasteiger partial charge in [0, 0.05) is 36.2 Å². The van der Waals surface area contributed by atoms with Gasteiger partial charge in [0.15, 0.2) is 17.1 Å². The van der Waals surface area contributed by atoms with Crippen LogP contribution in [0.15, 0.2) is 21.2 Å². The first-order valence-corrected chi connectivity index (χ1v) is 7.33. The molecule has 2 heterocycles. The van der Waals surface area contributed by atoms with Crippen LogP contribution in [0.5, 0.6) is 0 Å². The Morgan fingerprint density at radius 3 is 2.50 bits per heavy atom. The lowest BCUT2D eigenvalue weighted by Gasteiger charge is -2.21. The molecule has 18 heavy (non-hydrogen) atoms. The first-order valence-electron chi connectivity index (χ1n) is 5.66. The second-order valence-electron chi connectivity index (χ2n) is 3.96. The fourth-order valence-electron chi connectivity index (χ4n) is 1.77. The summed E-state index contributed by atoms with van der Waals surface area (Å²) in [6.45, 7) is 3.53. The van der Waals surface area contributed by atoms with E-state index in [9.17, 15) is 0 Å². The molecular weight excluding hydrogens is 286 g/mol. The maximum atomic E-state index is 5.88. The van der Waals surface area contributed by atoms with Gasteiger partial charge in [-0.05, 0) is 6.92 Å². The van der Waals surface area contributed by atoms with Gasteiger partial charge in [-0.15, -0.1) is 0 Å². The van der Waals surface area contributed by atoms with E-state index in [1.807, 2.05) is 13.0 Å². The van der Waals surface area contributed by atoms with Crippen molar-refractivity contribution in [3.8, 4) is 0 Å². The van der Waals surface area contributed by atoms with Crippen molar-refractivity contribution < 1.29 is 8.83 Å². The molecule has 0 amide bonds. The highest BCUT2D eigenvalue weighted by Gasteiger charge is 2.13. The highest BCUT2D eigenvalue weighted by molar-refractivity contribution is 7.80. The van der Waals surface area contributed by atoms with Crippen LogP contribution in [0.3, 0.4) is 0 Å². The molecule has 2 aromatic heterocycles. The third-order valence-corrected chi connectivity index (χ3v) is 3.36. The van der Waals surface area contributed by atoms with Crippen molar-refractivity contribution in [1.82, 2.24) is 0 Å². The Balaban J connectivity index is 2.49. The Morgan fingerprint density at radius 1 is 1.22 bits per heavy atom. The monoisotopic (exact) mass is 301 g/mol. The minimum absolute atomic E-state index is 0.642. The summed E-state index contributed by atoms with van der Waals surface area (Å²) in [5, 5.41) is 0. The van der Waals surface area contributed by atoms with Crippen molar-refractivity contribution in [2.75, 3.05) is 29.5 Å². The fourth-order valence-corrected chi connectivity index (χ4v) is 2.50. The number of nitrogens with zero attached hydrogens (tertiary/aromatic N) is 1. The van der Waals surface area contributed by atoms with Gasteiger partial charge in [-0.1, -0.05) is 12.2 Å². The SMILES string of the molecule is Cc1coc2c(=S)cc(N(CCS)CCS)oc12. The number of rotatable bonds is 5. The van der Waals surface area contributed by atoms with Gasteiger partial charge in [-0.2, -0.15) is 25.3 Å². The molecule has 6 heteroatoms. The molecule has 0 aliphatic rings. The molecule has 0 aliphatic carbocycles. The molecular formula is C12H15NO2S3. The van der Waals surface area contributed by atoms with Crippen LogP contribution in [0.4, 0.5) is 5.88 Å². The Morgan fingerprint density at radius 2 is 1.89 bits per heavy atom. The van der Waals surface area contributed by atoms with E-state index in [1.165, 1.54) is 0 Å². The van der Waals surface area contributed by atoms with Crippen molar-refractivity contribution in [1.29, 1.82) is 0 Å². The molecule has 0 saturated carbocycles.